The van der Waals surface area contributed by atoms with Crippen molar-refractivity contribution in [2.75, 3.05) is 0 Å². The third-order valence-corrected chi connectivity index (χ3v) is 3.79. The van der Waals surface area contributed by atoms with Gasteiger partial charge < -0.3 is 4.74 Å². The Morgan fingerprint density at radius 3 is 2.61 bits per heavy atom. The molecule has 0 spiro atoms. The zero-order valence-electron chi connectivity index (χ0n) is 11.6. The molecule has 0 aromatic rings. The molecule has 0 aromatic carbocycles. The summed E-state index contributed by atoms with van der Waals surface area (Å²) < 4.78 is 5.50. The van der Waals surface area contributed by atoms with Crippen molar-refractivity contribution in [2.45, 2.75) is 52.6 Å². The summed E-state index contributed by atoms with van der Waals surface area (Å²) in [5, 5.41) is 0. The van der Waals surface area contributed by atoms with E-state index in [1.807, 2.05) is 0 Å². The van der Waals surface area contributed by atoms with Crippen LogP contribution in [0.3, 0.4) is 0 Å². The van der Waals surface area contributed by atoms with Gasteiger partial charge in [0, 0.05) is 0 Å². The lowest BCUT2D eigenvalue weighted by Crippen LogP contribution is -2.36. The first-order chi connectivity index (χ1) is 8.43. The summed E-state index contributed by atoms with van der Waals surface area (Å²) in [5.41, 5.74) is 0. The molecule has 0 amide bonds. The van der Waals surface area contributed by atoms with Crippen LogP contribution in [0.25, 0.3) is 0 Å². The van der Waals surface area contributed by atoms with E-state index in [1.165, 1.54) is 12.5 Å². The zero-order chi connectivity index (χ0) is 13.7. The van der Waals surface area contributed by atoms with Crippen LogP contribution in [0, 0.1) is 17.8 Å². The Morgan fingerprint density at radius 2 is 2.06 bits per heavy atom. The molecule has 3 heteroatoms. The number of hydrogen-bond donors (Lipinski definition) is 0. The minimum atomic E-state index is -0.412. The largest absolute Gasteiger partial charge is 0.462 e. The maximum Gasteiger partial charge on any atom is 0.313 e. The van der Waals surface area contributed by atoms with Gasteiger partial charge >= 0.3 is 5.97 Å². The molecule has 0 unspecified atom stereocenters. The van der Waals surface area contributed by atoms with Crippen molar-refractivity contribution in [2.24, 2.45) is 17.8 Å². The number of carbonyl (C=O) groups excluding carboxylic acids is 2. The van der Waals surface area contributed by atoms with Crippen LogP contribution >= 0.6 is 0 Å². The molecule has 0 heterocycles. The topological polar surface area (TPSA) is 43.4 Å². The standard InChI is InChI=1S/C15H24O3/c1-5-12(16)9-15(17)18-14-8-11(4)6-7-13(14)10(2)3/h5,10-11,13-14H,1,6-9H2,2-4H3/t11-,13+,14-/m1/s1. The van der Waals surface area contributed by atoms with Crippen LogP contribution in [-0.4, -0.2) is 17.9 Å². The predicted molar refractivity (Wildman–Crippen MR) is 71.0 cm³/mol. The number of hydrogen-bond acceptors (Lipinski definition) is 3. The van der Waals surface area contributed by atoms with Gasteiger partial charge in [-0.25, -0.2) is 0 Å². The second-order valence-electron chi connectivity index (χ2n) is 5.70. The quantitative estimate of drug-likeness (QED) is 0.429. The third kappa shape index (κ3) is 4.28. The Hall–Kier alpha value is -1.12. The molecule has 0 bridgehead atoms. The molecule has 0 aliphatic heterocycles. The minimum absolute atomic E-state index is 0.0288. The van der Waals surface area contributed by atoms with Crippen molar-refractivity contribution in [1.29, 1.82) is 0 Å². The highest BCUT2D eigenvalue weighted by Crippen LogP contribution is 2.35. The summed E-state index contributed by atoms with van der Waals surface area (Å²) in [6, 6.07) is 0. The van der Waals surface area contributed by atoms with Crippen LogP contribution in [0.4, 0.5) is 0 Å². The Labute approximate surface area is 110 Å². The molecule has 18 heavy (non-hydrogen) atoms. The van der Waals surface area contributed by atoms with Gasteiger partial charge in [0.1, 0.15) is 12.5 Å². The first-order valence-corrected chi connectivity index (χ1v) is 6.78. The Kier molecular flexibility index (Phi) is 5.57. The average molecular weight is 252 g/mol. The summed E-state index contributed by atoms with van der Waals surface area (Å²) in [7, 11) is 0. The van der Waals surface area contributed by atoms with Gasteiger partial charge in [-0.2, -0.15) is 0 Å². The highest BCUT2D eigenvalue weighted by molar-refractivity contribution is 6.01. The number of ether oxygens (including phenoxy) is 1. The first kappa shape index (κ1) is 14.9. The molecular formula is C15H24O3. The van der Waals surface area contributed by atoms with E-state index in [-0.39, 0.29) is 18.3 Å². The van der Waals surface area contributed by atoms with Crippen LogP contribution in [0.2, 0.25) is 0 Å². The van der Waals surface area contributed by atoms with Crippen LogP contribution in [0.1, 0.15) is 46.5 Å². The maximum atomic E-state index is 11.7. The van der Waals surface area contributed by atoms with E-state index in [9.17, 15) is 9.59 Å². The van der Waals surface area contributed by atoms with Crippen molar-refractivity contribution in [1.82, 2.24) is 0 Å². The lowest BCUT2D eigenvalue weighted by atomic mass is 9.75. The van der Waals surface area contributed by atoms with E-state index in [0.717, 1.165) is 12.8 Å². The summed E-state index contributed by atoms with van der Waals surface area (Å²) >= 11 is 0. The molecular weight excluding hydrogens is 228 g/mol. The molecule has 1 saturated carbocycles. The molecule has 0 saturated heterocycles. The molecule has 0 aromatic heterocycles. The molecule has 3 nitrogen and oxygen atoms in total. The van der Waals surface area contributed by atoms with Crippen LogP contribution in [-0.2, 0) is 14.3 Å². The molecule has 1 aliphatic carbocycles. The van der Waals surface area contributed by atoms with E-state index < -0.39 is 5.97 Å². The van der Waals surface area contributed by atoms with Gasteiger partial charge in [0.25, 0.3) is 0 Å². The van der Waals surface area contributed by atoms with Crippen molar-refractivity contribution >= 4 is 11.8 Å². The molecule has 3 atom stereocenters. The van der Waals surface area contributed by atoms with Crippen LogP contribution in [0.5, 0.6) is 0 Å². The second kappa shape index (κ2) is 6.72. The molecule has 0 N–H and O–H groups in total. The van der Waals surface area contributed by atoms with E-state index in [4.69, 9.17) is 4.74 Å². The van der Waals surface area contributed by atoms with Gasteiger partial charge in [0.15, 0.2) is 5.78 Å². The van der Waals surface area contributed by atoms with Crippen molar-refractivity contribution in [3.63, 3.8) is 0 Å². The second-order valence-corrected chi connectivity index (χ2v) is 5.70. The minimum Gasteiger partial charge on any atom is -0.462 e. The monoisotopic (exact) mass is 252 g/mol. The van der Waals surface area contributed by atoms with Crippen molar-refractivity contribution < 1.29 is 14.3 Å². The number of carbonyl (C=O) groups is 2. The number of allylic oxidation sites excluding steroid dienone is 1. The highest BCUT2D eigenvalue weighted by atomic mass is 16.5. The third-order valence-electron chi connectivity index (χ3n) is 3.79. The Bertz CT molecular complexity index is 320. The SMILES string of the molecule is C=CC(=O)CC(=O)O[C@@H]1C[C@H](C)CC[C@H]1C(C)C. The summed E-state index contributed by atoms with van der Waals surface area (Å²) in [6.07, 6.45) is 4.17. The zero-order valence-corrected chi connectivity index (χ0v) is 11.6. The van der Waals surface area contributed by atoms with Gasteiger partial charge in [-0.3, -0.25) is 9.59 Å². The fraction of sp³-hybridized carbons (Fsp3) is 0.733. The Balaban J connectivity index is 2.57. The molecule has 1 fully saturated rings. The lowest BCUT2D eigenvalue weighted by Gasteiger charge is -2.36. The lowest BCUT2D eigenvalue weighted by molar-refractivity contribution is -0.156. The van der Waals surface area contributed by atoms with E-state index in [0.29, 0.717) is 17.8 Å². The van der Waals surface area contributed by atoms with Gasteiger partial charge in [-0.15, -0.1) is 0 Å². The van der Waals surface area contributed by atoms with Crippen LogP contribution < -0.4 is 0 Å². The molecule has 1 rings (SSSR count). The van der Waals surface area contributed by atoms with Gasteiger partial charge in [-0.05, 0) is 36.7 Å². The van der Waals surface area contributed by atoms with Gasteiger partial charge in [0.2, 0.25) is 0 Å². The predicted octanol–water partition coefficient (Wildman–Crippen LogP) is 3.14. The summed E-state index contributed by atoms with van der Waals surface area (Å²) in [5.74, 6) is 0.830. The van der Waals surface area contributed by atoms with Gasteiger partial charge in [0.05, 0.1) is 0 Å². The van der Waals surface area contributed by atoms with Crippen molar-refractivity contribution in [3.05, 3.63) is 12.7 Å². The number of rotatable bonds is 5. The molecule has 0 radical (unpaired) electrons. The summed E-state index contributed by atoms with van der Waals surface area (Å²) in [4.78, 5) is 22.8. The van der Waals surface area contributed by atoms with Crippen LogP contribution in [0.15, 0.2) is 12.7 Å². The summed E-state index contributed by atoms with van der Waals surface area (Å²) in [6.45, 7) is 9.87. The maximum absolute atomic E-state index is 11.7. The number of esters is 1. The van der Waals surface area contributed by atoms with Gasteiger partial charge in [-0.1, -0.05) is 33.8 Å². The smallest absolute Gasteiger partial charge is 0.313 e. The fourth-order valence-electron chi connectivity index (χ4n) is 2.68. The van der Waals surface area contributed by atoms with E-state index in [2.05, 4.69) is 27.4 Å². The molecule has 102 valence electrons. The Morgan fingerprint density at radius 1 is 1.39 bits per heavy atom. The normalized spacial score (nSPS) is 27.9. The number of ketones is 1. The van der Waals surface area contributed by atoms with E-state index >= 15 is 0 Å². The van der Waals surface area contributed by atoms with E-state index in [1.54, 1.807) is 0 Å². The highest BCUT2D eigenvalue weighted by Gasteiger charge is 2.33. The average Bonchev–Trinajstić information content (AvgIpc) is 2.28. The molecule has 1 aliphatic rings. The first-order valence-electron chi connectivity index (χ1n) is 6.78. The van der Waals surface area contributed by atoms with Crippen molar-refractivity contribution in [3.8, 4) is 0 Å². The fourth-order valence-corrected chi connectivity index (χ4v) is 2.68.